The maximum Gasteiger partial charge on any atom is 0.245 e. The highest BCUT2D eigenvalue weighted by Crippen LogP contribution is 2.45. The van der Waals surface area contributed by atoms with Gasteiger partial charge in [0, 0.05) is 34.2 Å². The predicted octanol–water partition coefficient (Wildman–Crippen LogP) is 3.70. The first-order chi connectivity index (χ1) is 14.9. The van der Waals surface area contributed by atoms with E-state index in [2.05, 4.69) is 10.8 Å². The summed E-state index contributed by atoms with van der Waals surface area (Å²) in [5.41, 5.74) is 2.43. The zero-order valence-electron chi connectivity index (χ0n) is 16.9. The molecule has 1 amide bonds. The molecule has 11 heteroatoms. The van der Waals surface area contributed by atoms with Gasteiger partial charge in [-0.25, -0.2) is 18.7 Å². The molecule has 2 N–H and O–H groups in total. The number of carbonyl (C=O) groups excluding carboxylic acids is 1. The minimum Gasteiger partial charge on any atom is -0.350 e. The van der Waals surface area contributed by atoms with Crippen LogP contribution in [0.1, 0.15) is 37.0 Å². The monoisotopic (exact) mass is 504 g/mol. The number of hydroxylamine groups is 1. The lowest BCUT2D eigenvalue weighted by atomic mass is 9.97. The van der Waals surface area contributed by atoms with Gasteiger partial charge in [0.15, 0.2) is 16.1 Å². The molecular formula is C20H25ClN2O5S3. The van der Waals surface area contributed by atoms with Crippen LogP contribution >= 0.6 is 34.3 Å². The Bertz CT molecular complexity index is 1020. The minimum atomic E-state index is -3.60. The molecule has 2 unspecified atom stereocenters. The molecule has 2 aromatic rings. The fourth-order valence-electron chi connectivity index (χ4n) is 3.93. The van der Waals surface area contributed by atoms with Crippen LogP contribution in [0.25, 0.3) is 9.75 Å². The number of carbonyl (C=O) groups is 1. The van der Waals surface area contributed by atoms with E-state index >= 15 is 0 Å². The average molecular weight is 505 g/mol. The van der Waals surface area contributed by atoms with E-state index in [1.54, 1.807) is 0 Å². The molecule has 0 aromatic carbocycles. The normalized spacial score (nSPS) is 26.3. The molecule has 2 atom stereocenters. The summed E-state index contributed by atoms with van der Waals surface area (Å²) in [4.78, 5) is 20.8. The van der Waals surface area contributed by atoms with Crippen LogP contribution in [-0.4, -0.2) is 46.1 Å². The summed E-state index contributed by atoms with van der Waals surface area (Å²) in [7, 11) is -3.60. The van der Waals surface area contributed by atoms with Gasteiger partial charge in [-0.05, 0) is 50.1 Å². The third kappa shape index (κ3) is 5.16. The first kappa shape index (κ1) is 23.2. The van der Waals surface area contributed by atoms with Crippen LogP contribution in [0.4, 0.5) is 0 Å². The van der Waals surface area contributed by atoms with Crippen molar-refractivity contribution in [2.45, 2.75) is 43.1 Å². The van der Waals surface area contributed by atoms with E-state index in [4.69, 9.17) is 21.2 Å². The van der Waals surface area contributed by atoms with Crippen molar-refractivity contribution in [2.24, 2.45) is 0 Å². The number of halogens is 1. The zero-order valence-corrected chi connectivity index (χ0v) is 20.1. The van der Waals surface area contributed by atoms with Gasteiger partial charge < -0.3 is 10.1 Å². The standard InChI is InChI=1S/C20H25ClN2O5S3/c21-17-7-5-15(30-17)14-4-6-16(29-14)20(8-9-22-10-12-31(20,25)26)13-18(24)23-28-19-3-1-2-11-27-19/h4-7,19,22H,1-3,8-13H2,(H,23,24). The molecule has 7 nitrogen and oxygen atoms in total. The number of rotatable bonds is 6. The van der Waals surface area contributed by atoms with E-state index in [9.17, 15) is 13.2 Å². The van der Waals surface area contributed by atoms with Crippen molar-refractivity contribution >= 4 is 50.0 Å². The Hall–Kier alpha value is -1.01. The smallest absolute Gasteiger partial charge is 0.245 e. The maximum atomic E-state index is 13.4. The van der Waals surface area contributed by atoms with Crippen molar-refractivity contribution < 1.29 is 22.8 Å². The van der Waals surface area contributed by atoms with Crippen molar-refractivity contribution in [1.29, 1.82) is 0 Å². The van der Waals surface area contributed by atoms with Gasteiger partial charge in [0.1, 0.15) is 4.75 Å². The maximum absolute atomic E-state index is 13.4. The number of nitrogens with one attached hydrogen (secondary N) is 2. The summed E-state index contributed by atoms with van der Waals surface area (Å²) >= 11 is 8.92. The fraction of sp³-hybridized carbons (Fsp3) is 0.550. The van der Waals surface area contributed by atoms with Crippen LogP contribution in [-0.2, 0) is 29.0 Å². The molecule has 2 aromatic heterocycles. The second-order valence-corrected chi connectivity index (χ2v) is 12.9. The fourth-order valence-corrected chi connectivity index (χ4v) is 8.63. The van der Waals surface area contributed by atoms with Crippen LogP contribution in [0.2, 0.25) is 4.34 Å². The zero-order chi connectivity index (χ0) is 21.9. The highest BCUT2D eigenvalue weighted by molar-refractivity contribution is 7.92. The van der Waals surface area contributed by atoms with Crippen molar-refractivity contribution in [2.75, 3.05) is 25.4 Å². The van der Waals surface area contributed by atoms with Gasteiger partial charge in [0.25, 0.3) is 0 Å². The second-order valence-electron chi connectivity index (χ2n) is 7.70. The Morgan fingerprint density at radius 2 is 2.03 bits per heavy atom. The third-order valence-electron chi connectivity index (χ3n) is 5.61. The highest BCUT2D eigenvalue weighted by atomic mass is 35.5. The molecular weight excluding hydrogens is 480 g/mol. The average Bonchev–Trinajstić information content (AvgIpc) is 3.38. The van der Waals surface area contributed by atoms with Crippen LogP contribution in [0.15, 0.2) is 24.3 Å². The Morgan fingerprint density at radius 1 is 1.23 bits per heavy atom. The largest absolute Gasteiger partial charge is 0.350 e. The van der Waals surface area contributed by atoms with Gasteiger partial charge in [0.2, 0.25) is 5.91 Å². The van der Waals surface area contributed by atoms with Crippen molar-refractivity contribution in [1.82, 2.24) is 10.8 Å². The summed E-state index contributed by atoms with van der Waals surface area (Å²) < 4.78 is 31.7. The first-order valence-corrected chi connectivity index (χ1v) is 13.9. The number of thiophene rings is 2. The second kappa shape index (κ2) is 9.86. The molecule has 0 aliphatic carbocycles. The van der Waals surface area contributed by atoms with Crippen molar-refractivity contribution in [3.63, 3.8) is 0 Å². The molecule has 2 aliphatic heterocycles. The molecule has 170 valence electrons. The Kier molecular flexibility index (Phi) is 7.37. The van der Waals surface area contributed by atoms with Crippen molar-refractivity contribution in [3.05, 3.63) is 33.5 Å². The number of sulfone groups is 1. The molecule has 2 aliphatic rings. The molecule has 2 saturated heterocycles. The van der Waals surface area contributed by atoms with E-state index in [1.165, 1.54) is 22.7 Å². The Morgan fingerprint density at radius 3 is 2.77 bits per heavy atom. The number of hydrogen-bond acceptors (Lipinski definition) is 8. The molecule has 2 fully saturated rings. The summed E-state index contributed by atoms with van der Waals surface area (Å²) in [6.45, 7) is 1.48. The van der Waals surface area contributed by atoms with Crippen LogP contribution in [0.3, 0.4) is 0 Å². The SMILES string of the molecule is O=C(CC1(c2ccc(-c3ccc(Cl)s3)s2)CCNCCS1(=O)=O)NOC1CCCCO1. The van der Waals surface area contributed by atoms with Crippen LogP contribution in [0.5, 0.6) is 0 Å². The summed E-state index contributed by atoms with van der Waals surface area (Å²) in [5, 5.41) is 3.15. The number of hydrogen-bond donors (Lipinski definition) is 2. The van der Waals surface area contributed by atoms with Gasteiger partial charge in [-0.3, -0.25) is 4.79 Å². The Labute approximate surface area is 195 Å². The lowest BCUT2D eigenvalue weighted by Gasteiger charge is -2.31. The van der Waals surface area contributed by atoms with Gasteiger partial charge in [-0.2, -0.15) is 0 Å². The number of amides is 1. The van der Waals surface area contributed by atoms with Crippen LogP contribution in [0, 0.1) is 0 Å². The lowest BCUT2D eigenvalue weighted by molar-refractivity contribution is -0.200. The molecule has 4 heterocycles. The van der Waals surface area contributed by atoms with E-state index < -0.39 is 26.8 Å². The summed E-state index contributed by atoms with van der Waals surface area (Å²) in [5.74, 6) is -0.487. The first-order valence-electron chi connectivity index (χ1n) is 10.2. The highest BCUT2D eigenvalue weighted by Gasteiger charge is 2.48. The van der Waals surface area contributed by atoms with E-state index in [0.29, 0.717) is 41.8 Å². The summed E-state index contributed by atoms with van der Waals surface area (Å²) in [6, 6.07) is 7.47. The third-order valence-corrected chi connectivity index (χ3v) is 11.0. The topological polar surface area (TPSA) is 93.7 Å². The molecule has 0 spiro atoms. The van der Waals surface area contributed by atoms with Gasteiger partial charge >= 0.3 is 0 Å². The predicted molar refractivity (Wildman–Crippen MR) is 123 cm³/mol. The molecule has 0 radical (unpaired) electrons. The van der Waals surface area contributed by atoms with E-state index in [1.807, 2.05) is 24.3 Å². The molecule has 4 rings (SSSR count). The van der Waals surface area contributed by atoms with Crippen LogP contribution < -0.4 is 10.8 Å². The minimum absolute atomic E-state index is 0.0229. The number of ether oxygens (including phenoxy) is 1. The van der Waals surface area contributed by atoms with Crippen molar-refractivity contribution in [3.8, 4) is 9.75 Å². The van der Waals surface area contributed by atoms with E-state index in [-0.39, 0.29) is 12.2 Å². The lowest BCUT2D eigenvalue weighted by Crippen LogP contribution is -2.43. The molecule has 0 bridgehead atoms. The van der Waals surface area contributed by atoms with Gasteiger partial charge in [-0.15, -0.1) is 22.7 Å². The quantitative estimate of drug-likeness (QED) is 0.582. The Balaban J connectivity index is 1.59. The molecule has 0 saturated carbocycles. The van der Waals surface area contributed by atoms with Gasteiger partial charge in [0.05, 0.1) is 16.5 Å². The van der Waals surface area contributed by atoms with E-state index in [0.717, 1.165) is 22.6 Å². The van der Waals surface area contributed by atoms with Gasteiger partial charge in [-0.1, -0.05) is 11.6 Å². The molecule has 31 heavy (non-hydrogen) atoms. The summed E-state index contributed by atoms with van der Waals surface area (Å²) in [6.07, 6.45) is 2.26.